The zero-order chi connectivity index (χ0) is 20.3. The van der Waals surface area contributed by atoms with Gasteiger partial charge in [-0.1, -0.05) is 32.0 Å². The molecule has 0 aliphatic heterocycles. The second-order valence-electron chi connectivity index (χ2n) is 6.78. The van der Waals surface area contributed by atoms with E-state index in [0.717, 1.165) is 5.56 Å². The Labute approximate surface area is 157 Å². The van der Waals surface area contributed by atoms with E-state index in [4.69, 9.17) is 9.47 Å². The average Bonchev–Trinajstić information content (AvgIpc) is 2.57. The maximum atomic E-state index is 12.8. The Morgan fingerprint density at radius 3 is 2.56 bits per heavy atom. The third kappa shape index (κ3) is 4.76. The van der Waals surface area contributed by atoms with Gasteiger partial charge in [-0.2, -0.15) is 21.6 Å². The molecule has 0 heterocycles. The highest BCUT2D eigenvalue weighted by molar-refractivity contribution is 7.87. The summed E-state index contributed by atoms with van der Waals surface area (Å²) in [6, 6.07) is 7.06. The average molecular weight is 408 g/mol. The van der Waals surface area contributed by atoms with Crippen LogP contribution in [0.5, 0.6) is 5.75 Å². The second kappa shape index (κ2) is 8.10. The maximum absolute atomic E-state index is 12.8. The first-order valence-corrected chi connectivity index (χ1v) is 9.83. The van der Waals surface area contributed by atoms with Crippen molar-refractivity contribution in [3.63, 3.8) is 0 Å². The van der Waals surface area contributed by atoms with E-state index in [2.05, 4.69) is 4.18 Å². The van der Waals surface area contributed by atoms with Crippen LogP contribution in [-0.4, -0.2) is 27.8 Å². The van der Waals surface area contributed by atoms with Gasteiger partial charge < -0.3 is 13.7 Å². The topological polar surface area (TPSA) is 61.8 Å². The fraction of sp³-hybridized carbons (Fsp3) is 0.556. The van der Waals surface area contributed by atoms with Gasteiger partial charge in [0.2, 0.25) is 0 Å². The number of alkyl halides is 3. The molecule has 1 aromatic carbocycles. The lowest BCUT2D eigenvalue weighted by atomic mass is 9.67. The number of methoxy groups -OCH3 is 1. The molecule has 0 amide bonds. The molecule has 0 radical (unpaired) electrons. The molecule has 0 N–H and O–H groups in total. The molecule has 2 atom stereocenters. The number of ether oxygens (including phenoxy) is 2. The molecule has 27 heavy (non-hydrogen) atoms. The number of rotatable bonds is 7. The SMILES string of the molecule is COCOc1ccccc1C[C@@]1(C)C(OS(=O)(=O)C(F)(F)F)=CCC[C@@H]1C. The monoisotopic (exact) mass is 408 g/mol. The van der Waals surface area contributed by atoms with Gasteiger partial charge in [0.15, 0.2) is 6.79 Å². The van der Waals surface area contributed by atoms with E-state index in [1.807, 2.05) is 6.92 Å². The van der Waals surface area contributed by atoms with Crippen molar-refractivity contribution in [3.05, 3.63) is 41.7 Å². The molecule has 1 aliphatic rings. The first kappa shape index (κ1) is 21.6. The van der Waals surface area contributed by atoms with Crippen molar-refractivity contribution in [1.82, 2.24) is 0 Å². The number of benzene rings is 1. The second-order valence-corrected chi connectivity index (χ2v) is 8.32. The quantitative estimate of drug-likeness (QED) is 0.380. The van der Waals surface area contributed by atoms with E-state index in [1.54, 1.807) is 31.2 Å². The minimum atomic E-state index is -5.73. The standard InChI is InChI=1S/C18H23F3O5S/c1-13-7-6-10-16(26-27(22,23)18(19,20)21)17(13,2)11-14-8-4-5-9-15(14)25-12-24-3/h4-5,8-10,13H,6-7,11-12H2,1-3H3/t13-,17+/m0/s1. The molecular formula is C18H23F3O5S. The Morgan fingerprint density at radius 2 is 1.93 bits per heavy atom. The van der Waals surface area contributed by atoms with Crippen molar-refractivity contribution in [2.24, 2.45) is 11.3 Å². The van der Waals surface area contributed by atoms with Crippen LogP contribution < -0.4 is 4.74 Å². The van der Waals surface area contributed by atoms with Gasteiger partial charge in [-0.05, 0) is 42.9 Å². The van der Waals surface area contributed by atoms with Crippen LogP contribution in [0.2, 0.25) is 0 Å². The molecular weight excluding hydrogens is 385 g/mol. The van der Waals surface area contributed by atoms with Crippen LogP contribution in [0.3, 0.4) is 0 Å². The van der Waals surface area contributed by atoms with Crippen LogP contribution in [0, 0.1) is 11.3 Å². The third-order valence-electron chi connectivity index (χ3n) is 4.93. The Bertz CT molecular complexity index is 788. The Balaban J connectivity index is 2.37. The van der Waals surface area contributed by atoms with Gasteiger partial charge >= 0.3 is 15.6 Å². The summed E-state index contributed by atoms with van der Waals surface area (Å²) in [5.41, 5.74) is -5.69. The molecule has 0 spiro atoms. The molecule has 0 saturated heterocycles. The van der Waals surface area contributed by atoms with Crippen LogP contribution in [0.4, 0.5) is 13.2 Å². The number of hydrogen-bond acceptors (Lipinski definition) is 5. The van der Waals surface area contributed by atoms with E-state index in [1.165, 1.54) is 13.2 Å². The Hall–Kier alpha value is -1.74. The molecule has 0 aromatic heterocycles. The van der Waals surface area contributed by atoms with Crippen molar-refractivity contribution in [2.75, 3.05) is 13.9 Å². The molecule has 1 aromatic rings. The fourth-order valence-electron chi connectivity index (χ4n) is 3.12. The summed E-state index contributed by atoms with van der Waals surface area (Å²) in [5.74, 6) is 0.243. The van der Waals surface area contributed by atoms with Gasteiger partial charge in [-0.3, -0.25) is 0 Å². The molecule has 1 aliphatic carbocycles. The van der Waals surface area contributed by atoms with E-state index in [0.29, 0.717) is 18.6 Å². The van der Waals surface area contributed by atoms with Crippen LogP contribution in [0.15, 0.2) is 36.1 Å². The first-order valence-electron chi connectivity index (χ1n) is 8.42. The summed E-state index contributed by atoms with van der Waals surface area (Å²) >= 11 is 0. The number of hydrogen-bond donors (Lipinski definition) is 0. The number of allylic oxidation sites excluding steroid dienone is 2. The van der Waals surface area contributed by atoms with Gasteiger partial charge in [0.25, 0.3) is 0 Å². The van der Waals surface area contributed by atoms with Crippen molar-refractivity contribution < 1.29 is 35.2 Å². The minimum absolute atomic E-state index is 0.0188. The van der Waals surface area contributed by atoms with E-state index in [9.17, 15) is 21.6 Å². The summed E-state index contributed by atoms with van der Waals surface area (Å²) in [5, 5.41) is 0. The van der Waals surface area contributed by atoms with Gasteiger partial charge in [0, 0.05) is 12.5 Å². The van der Waals surface area contributed by atoms with Gasteiger partial charge in [-0.15, -0.1) is 0 Å². The van der Waals surface area contributed by atoms with E-state index in [-0.39, 0.29) is 24.9 Å². The Morgan fingerprint density at radius 1 is 1.26 bits per heavy atom. The lowest BCUT2D eigenvalue weighted by molar-refractivity contribution is -0.0540. The lowest BCUT2D eigenvalue weighted by Gasteiger charge is -2.40. The summed E-state index contributed by atoms with van der Waals surface area (Å²) in [7, 11) is -4.25. The summed E-state index contributed by atoms with van der Waals surface area (Å²) in [4.78, 5) is 0. The highest BCUT2D eigenvalue weighted by Crippen LogP contribution is 2.47. The highest BCUT2D eigenvalue weighted by atomic mass is 32.2. The van der Waals surface area contributed by atoms with E-state index < -0.39 is 21.0 Å². The van der Waals surface area contributed by atoms with Crippen molar-refractivity contribution in [1.29, 1.82) is 0 Å². The van der Waals surface area contributed by atoms with Crippen LogP contribution in [0.25, 0.3) is 0 Å². The van der Waals surface area contributed by atoms with Crippen molar-refractivity contribution >= 4 is 10.1 Å². The smallest absolute Gasteiger partial charge is 0.467 e. The van der Waals surface area contributed by atoms with Crippen molar-refractivity contribution in [3.8, 4) is 5.75 Å². The fourth-order valence-corrected chi connectivity index (χ4v) is 3.71. The molecule has 0 saturated carbocycles. The lowest BCUT2D eigenvalue weighted by Crippen LogP contribution is -2.37. The largest absolute Gasteiger partial charge is 0.534 e. The molecule has 9 heteroatoms. The molecule has 0 unspecified atom stereocenters. The molecule has 0 fully saturated rings. The zero-order valence-electron chi connectivity index (χ0n) is 15.4. The highest BCUT2D eigenvalue weighted by Gasteiger charge is 2.51. The molecule has 2 rings (SSSR count). The predicted molar refractivity (Wildman–Crippen MR) is 93.3 cm³/mol. The minimum Gasteiger partial charge on any atom is -0.467 e. The summed E-state index contributed by atoms with van der Waals surface area (Å²) in [6.07, 6.45) is 2.84. The normalized spacial score (nSPS) is 23.6. The first-order chi connectivity index (χ1) is 12.5. The van der Waals surface area contributed by atoms with Gasteiger partial charge in [-0.25, -0.2) is 0 Å². The molecule has 5 nitrogen and oxygen atoms in total. The van der Waals surface area contributed by atoms with Crippen molar-refractivity contribution in [2.45, 2.75) is 38.6 Å². The number of halogens is 3. The third-order valence-corrected chi connectivity index (χ3v) is 5.89. The Kier molecular flexibility index (Phi) is 6.47. The van der Waals surface area contributed by atoms with Crippen LogP contribution in [0.1, 0.15) is 32.3 Å². The maximum Gasteiger partial charge on any atom is 0.534 e. The number of para-hydroxylation sites is 1. The van der Waals surface area contributed by atoms with Gasteiger partial charge in [0.05, 0.1) is 0 Å². The molecule has 0 bridgehead atoms. The predicted octanol–water partition coefficient (Wildman–Crippen LogP) is 4.40. The van der Waals surface area contributed by atoms with E-state index >= 15 is 0 Å². The summed E-state index contributed by atoms with van der Waals surface area (Å²) < 4.78 is 76.5. The summed E-state index contributed by atoms with van der Waals surface area (Å²) in [6.45, 7) is 3.60. The van der Waals surface area contributed by atoms with Crippen LogP contribution >= 0.6 is 0 Å². The molecule has 152 valence electrons. The van der Waals surface area contributed by atoms with Crippen LogP contribution in [-0.2, 0) is 25.5 Å². The van der Waals surface area contributed by atoms with Gasteiger partial charge in [0.1, 0.15) is 11.5 Å². The zero-order valence-corrected chi connectivity index (χ0v) is 16.2.